The standard InChI is InChI=1S/C63H121NO8/c1-3-5-7-9-11-13-15-17-19-21-23-24-25-26-27-28-29-30-31-32-33-35-36-38-40-42-44-46-48-50-52-57(66)56(55-71-63-62(70)61(69)60(68)58(54-65)72-63)64-59(67)53-51-49-47-45-43-41-39-37-34-22-20-18-16-14-12-10-8-6-4-2/h42,44,50,52,56-58,60-63,65-66,68-70H,3-41,43,45-49,51,53-55H2,1-2H3,(H,64,67)/b44-42+,52-50+. The first-order valence-corrected chi connectivity index (χ1v) is 31.6. The number of unbranched alkanes of at least 4 members (excludes halogenated alkanes) is 43. The lowest BCUT2D eigenvalue weighted by Gasteiger charge is -2.40. The van der Waals surface area contributed by atoms with Gasteiger partial charge in [-0.25, -0.2) is 0 Å². The van der Waals surface area contributed by atoms with E-state index in [1.54, 1.807) is 6.08 Å². The van der Waals surface area contributed by atoms with Crippen molar-refractivity contribution in [2.75, 3.05) is 13.2 Å². The highest BCUT2D eigenvalue weighted by molar-refractivity contribution is 5.76. The maximum absolute atomic E-state index is 13.1. The smallest absolute Gasteiger partial charge is 0.220 e. The third-order valence-corrected chi connectivity index (χ3v) is 15.3. The third-order valence-electron chi connectivity index (χ3n) is 15.3. The number of hydrogen-bond acceptors (Lipinski definition) is 8. The number of nitrogens with one attached hydrogen (secondary N) is 1. The van der Waals surface area contributed by atoms with Gasteiger partial charge in [0.2, 0.25) is 5.91 Å². The van der Waals surface area contributed by atoms with Gasteiger partial charge in [0.1, 0.15) is 24.4 Å². The Morgan fingerprint density at radius 2 is 0.792 bits per heavy atom. The summed E-state index contributed by atoms with van der Waals surface area (Å²) in [7, 11) is 0. The summed E-state index contributed by atoms with van der Waals surface area (Å²) in [6.07, 6.45) is 61.3. The summed E-state index contributed by atoms with van der Waals surface area (Å²) < 4.78 is 11.3. The first kappa shape index (κ1) is 68.7. The van der Waals surface area contributed by atoms with Gasteiger partial charge < -0.3 is 40.3 Å². The van der Waals surface area contributed by atoms with Crippen LogP contribution in [0.3, 0.4) is 0 Å². The SMILES string of the molecule is CCCCCCCCCCCCCCCCCCCCCCCCCC/C=C/CC/C=C/C(O)C(COC1OC(CO)C(O)C(O)C1O)NC(=O)CCCCCCCCCCCCCCCCCCCCC. The fourth-order valence-corrected chi connectivity index (χ4v) is 10.3. The lowest BCUT2D eigenvalue weighted by molar-refractivity contribution is -0.302. The largest absolute Gasteiger partial charge is 0.394 e. The topological polar surface area (TPSA) is 149 Å². The maximum Gasteiger partial charge on any atom is 0.220 e. The van der Waals surface area contributed by atoms with E-state index in [0.717, 1.165) is 38.5 Å². The van der Waals surface area contributed by atoms with Crippen LogP contribution in [0.5, 0.6) is 0 Å². The highest BCUT2D eigenvalue weighted by Crippen LogP contribution is 2.23. The molecule has 0 aromatic carbocycles. The van der Waals surface area contributed by atoms with Gasteiger partial charge in [0.05, 0.1) is 25.4 Å². The van der Waals surface area contributed by atoms with E-state index < -0.39 is 49.5 Å². The Morgan fingerprint density at radius 3 is 1.17 bits per heavy atom. The van der Waals surface area contributed by atoms with Crippen LogP contribution in [0.1, 0.15) is 316 Å². The molecule has 1 heterocycles. The van der Waals surface area contributed by atoms with Crippen LogP contribution in [-0.4, -0.2) is 87.5 Å². The second-order valence-corrected chi connectivity index (χ2v) is 22.2. The molecule has 426 valence electrons. The fraction of sp³-hybridized carbons (Fsp3) is 0.921. The van der Waals surface area contributed by atoms with Gasteiger partial charge in [-0.05, 0) is 32.1 Å². The first-order valence-electron chi connectivity index (χ1n) is 31.6. The van der Waals surface area contributed by atoms with E-state index in [1.165, 1.54) is 257 Å². The van der Waals surface area contributed by atoms with Crippen LogP contribution >= 0.6 is 0 Å². The summed E-state index contributed by atoms with van der Waals surface area (Å²) in [6.45, 7) is 3.81. The van der Waals surface area contributed by atoms with E-state index in [-0.39, 0.29) is 12.5 Å². The molecule has 0 saturated carbocycles. The number of aliphatic hydroxyl groups is 5. The highest BCUT2D eigenvalue weighted by atomic mass is 16.7. The predicted octanol–water partition coefficient (Wildman–Crippen LogP) is 16.1. The summed E-state index contributed by atoms with van der Waals surface area (Å²) in [4.78, 5) is 13.1. The second kappa shape index (κ2) is 53.1. The van der Waals surface area contributed by atoms with Gasteiger partial charge in [-0.3, -0.25) is 4.79 Å². The van der Waals surface area contributed by atoms with Crippen molar-refractivity contribution in [3.8, 4) is 0 Å². The summed E-state index contributed by atoms with van der Waals surface area (Å²) in [5, 5.41) is 54.6. The summed E-state index contributed by atoms with van der Waals surface area (Å²) >= 11 is 0. The van der Waals surface area contributed by atoms with Gasteiger partial charge in [-0.1, -0.05) is 301 Å². The summed E-state index contributed by atoms with van der Waals surface area (Å²) in [5.74, 6) is -0.180. The van der Waals surface area contributed by atoms with Gasteiger partial charge in [-0.2, -0.15) is 0 Å². The number of carbonyl (C=O) groups excluding carboxylic acids is 1. The molecule has 72 heavy (non-hydrogen) atoms. The third kappa shape index (κ3) is 41.9. The molecule has 1 amide bonds. The monoisotopic (exact) mass is 1020 g/mol. The minimum atomic E-state index is -1.57. The molecule has 1 fully saturated rings. The minimum absolute atomic E-state index is 0.180. The van der Waals surface area contributed by atoms with Gasteiger partial charge in [0, 0.05) is 6.42 Å². The number of amides is 1. The lowest BCUT2D eigenvalue weighted by Crippen LogP contribution is -2.60. The zero-order valence-corrected chi connectivity index (χ0v) is 47.5. The van der Waals surface area contributed by atoms with Gasteiger partial charge in [0.25, 0.3) is 0 Å². The van der Waals surface area contributed by atoms with E-state index in [2.05, 4.69) is 31.3 Å². The molecule has 7 atom stereocenters. The van der Waals surface area contributed by atoms with Crippen molar-refractivity contribution in [2.45, 2.75) is 358 Å². The van der Waals surface area contributed by atoms with Gasteiger partial charge in [-0.15, -0.1) is 0 Å². The van der Waals surface area contributed by atoms with Crippen molar-refractivity contribution in [1.82, 2.24) is 5.32 Å². The molecule has 1 rings (SSSR count). The quantitative estimate of drug-likeness (QED) is 0.0261. The van der Waals surface area contributed by atoms with Crippen molar-refractivity contribution >= 4 is 5.91 Å². The van der Waals surface area contributed by atoms with Crippen molar-refractivity contribution in [3.05, 3.63) is 24.3 Å². The molecule has 7 unspecified atom stereocenters. The molecule has 0 bridgehead atoms. The molecular weight excluding hydrogens is 899 g/mol. The second-order valence-electron chi connectivity index (χ2n) is 22.2. The Morgan fingerprint density at radius 1 is 0.458 bits per heavy atom. The Hall–Kier alpha value is -1.33. The van der Waals surface area contributed by atoms with Crippen molar-refractivity contribution in [2.24, 2.45) is 0 Å². The normalized spacial score (nSPS) is 19.2. The van der Waals surface area contributed by atoms with Crippen LogP contribution in [0.2, 0.25) is 0 Å². The van der Waals surface area contributed by atoms with Crippen molar-refractivity contribution in [3.63, 3.8) is 0 Å². The van der Waals surface area contributed by atoms with Crippen LogP contribution in [-0.2, 0) is 14.3 Å². The van der Waals surface area contributed by atoms with E-state index in [0.29, 0.717) is 6.42 Å². The molecule has 1 aliphatic heterocycles. The first-order chi connectivity index (χ1) is 35.3. The lowest BCUT2D eigenvalue weighted by atomic mass is 9.99. The van der Waals surface area contributed by atoms with Gasteiger partial charge in [0.15, 0.2) is 6.29 Å². The Bertz CT molecular complexity index is 1180. The number of rotatable bonds is 55. The van der Waals surface area contributed by atoms with E-state index in [9.17, 15) is 30.3 Å². The summed E-state index contributed by atoms with van der Waals surface area (Å²) in [5.41, 5.74) is 0. The van der Waals surface area contributed by atoms with Crippen LogP contribution in [0, 0.1) is 0 Å². The number of allylic oxidation sites excluding steroid dienone is 3. The average molecular weight is 1020 g/mol. The molecule has 0 aliphatic carbocycles. The molecule has 0 aromatic rings. The molecule has 9 heteroatoms. The summed E-state index contributed by atoms with van der Waals surface area (Å²) in [6, 6.07) is -0.819. The Kier molecular flexibility index (Phi) is 50.6. The van der Waals surface area contributed by atoms with Crippen LogP contribution in [0.25, 0.3) is 0 Å². The number of hydrogen-bond donors (Lipinski definition) is 6. The molecule has 1 saturated heterocycles. The van der Waals surface area contributed by atoms with E-state index in [1.807, 2.05) is 6.08 Å². The van der Waals surface area contributed by atoms with Crippen LogP contribution in [0.15, 0.2) is 24.3 Å². The highest BCUT2D eigenvalue weighted by Gasteiger charge is 2.44. The molecule has 1 aliphatic rings. The minimum Gasteiger partial charge on any atom is -0.394 e. The Balaban J connectivity index is 2.18. The molecular formula is C63H121NO8. The Labute approximate surface area is 445 Å². The van der Waals surface area contributed by atoms with E-state index >= 15 is 0 Å². The molecule has 0 aromatic heterocycles. The fourth-order valence-electron chi connectivity index (χ4n) is 10.3. The molecule has 9 nitrogen and oxygen atoms in total. The zero-order chi connectivity index (χ0) is 52.2. The predicted molar refractivity (Wildman–Crippen MR) is 304 cm³/mol. The van der Waals surface area contributed by atoms with E-state index in [4.69, 9.17) is 9.47 Å². The molecule has 0 radical (unpaired) electrons. The maximum atomic E-state index is 13.1. The average Bonchev–Trinajstić information content (AvgIpc) is 3.38. The number of carbonyl (C=O) groups is 1. The van der Waals surface area contributed by atoms with Gasteiger partial charge >= 0.3 is 0 Å². The molecule has 6 N–H and O–H groups in total. The molecule has 0 spiro atoms. The van der Waals surface area contributed by atoms with Crippen LogP contribution in [0.4, 0.5) is 0 Å². The van der Waals surface area contributed by atoms with Crippen molar-refractivity contribution in [1.29, 1.82) is 0 Å². The number of ether oxygens (including phenoxy) is 2. The number of aliphatic hydroxyl groups excluding tert-OH is 5. The van der Waals surface area contributed by atoms with Crippen molar-refractivity contribution < 1.29 is 39.8 Å². The van der Waals surface area contributed by atoms with Crippen LogP contribution < -0.4 is 5.32 Å². The zero-order valence-electron chi connectivity index (χ0n) is 47.5.